The lowest BCUT2D eigenvalue weighted by molar-refractivity contribution is -0.131. The summed E-state index contributed by atoms with van der Waals surface area (Å²) in [6.07, 6.45) is 2.22. The summed E-state index contributed by atoms with van der Waals surface area (Å²) in [6, 6.07) is 3.58. The average Bonchev–Trinajstić information content (AvgIpc) is 2.43. The highest BCUT2D eigenvalue weighted by Crippen LogP contribution is 2.12. The Labute approximate surface area is 122 Å². The second-order valence-corrected chi connectivity index (χ2v) is 4.44. The Morgan fingerprint density at radius 3 is 2.81 bits per heavy atom. The van der Waals surface area contributed by atoms with Crippen molar-refractivity contribution in [2.75, 3.05) is 13.2 Å². The van der Waals surface area contributed by atoms with Crippen LogP contribution in [0.5, 0.6) is 0 Å². The summed E-state index contributed by atoms with van der Waals surface area (Å²) in [4.78, 5) is 22.4. The van der Waals surface area contributed by atoms with Crippen LogP contribution < -0.4 is 5.32 Å². The van der Waals surface area contributed by atoms with E-state index in [4.69, 9.17) is 9.84 Å². The molecule has 0 aliphatic carbocycles. The van der Waals surface area contributed by atoms with Crippen molar-refractivity contribution >= 4 is 18.0 Å². The first kappa shape index (κ1) is 16.8. The molecule has 1 unspecified atom stereocenters. The molecular formula is C15H18FNO4. The smallest absolute Gasteiger partial charge is 0.328 e. The van der Waals surface area contributed by atoms with Crippen molar-refractivity contribution in [3.8, 4) is 0 Å². The topological polar surface area (TPSA) is 75.6 Å². The molecule has 0 radical (unpaired) electrons. The van der Waals surface area contributed by atoms with Crippen LogP contribution in [0.25, 0.3) is 6.08 Å². The van der Waals surface area contributed by atoms with Crippen LogP contribution in [0.4, 0.5) is 4.39 Å². The van der Waals surface area contributed by atoms with E-state index in [1.807, 2.05) is 6.92 Å². The first-order valence-electron chi connectivity index (χ1n) is 6.53. The summed E-state index contributed by atoms with van der Waals surface area (Å²) >= 11 is 0. The molecule has 1 aromatic rings. The normalized spacial score (nSPS) is 12.3. The molecule has 0 fully saturated rings. The van der Waals surface area contributed by atoms with Gasteiger partial charge in [-0.15, -0.1) is 0 Å². The van der Waals surface area contributed by atoms with Gasteiger partial charge in [0.2, 0.25) is 0 Å². The minimum atomic E-state index is -1.12. The standard InChI is InChI=1S/C15H18FNO4/c1-3-21-9-10(2)17-15(20)12-8-11(4-6-13(12)16)5-7-14(18)19/h4-8,10H,3,9H2,1-2H3,(H,17,20)(H,18,19). The molecule has 2 N–H and O–H groups in total. The highest BCUT2D eigenvalue weighted by atomic mass is 19.1. The lowest BCUT2D eigenvalue weighted by atomic mass is 10.1. The highest BCUT2D eigenvalue weighted by molar-refractivity contribution is 5.95. The molecule has 0 aliphatic heterocycles. The van der Waals surface area contributed by atoms with Gasteiger partial charge in [0.15, 0.2) is 0 Å². The van der Waals surface area contributed by atoms with Gasteiger partial charge in [0.25, 0.3) is 5.91 Å². The molecule has 0 heterocycles. The molecule has 1 amide bonds. The zero-order valence-electron chi connectivity index (χ0n) is 11.9. The van der Waals surface area contributed by atoms with Crippen LogP contribution in [0.3, 0.4) is 0 Å². The Balaban J connectivity index is 2.83. The molecule has 0 saturated heterocycles. The lowest BCUT2D eigenvalue weighted by Crippen LogP contribution is -2.36. The number of benzene rings is 1. The maximum absolute atomic E-state index is 13.7. The fourth-order valence-electron chi connectivity index (χ4n) is 1.63. The number of ether oxygens (including phenoxy) is 1. The van der Waals surface area contributed by atoms with E-state index in [1.165, 1.54) is 18.2 Å². The van der Waals surface area contributed by atoms with Gasteiger partial charge in [0.1, 0.15) is 5.82 Å². The molecule has 6 heteroatoms. The van der Waals surface area contributed by atoms with Crippen LogP contribution in [0.1, 0.15) is 29.8 Å². The zero-order chi connectivity index (χ0) is 15.8. The third-order valence-corrected chi connectivity index (χ3v) is 2.60. The molecule has 21 heavy (non-hydrogen) atoms. The Morgan fingerprint density at radius 2 is 2.19 bits per heavy atom. The van der Waals surface area contributed by atoms with Crippen molar-refractivity contribution in [1.29, 1.82) is 0 Å². The first-order chi connectivity index (χ1) is 9.93. The summed E-state index contributed by atoms with van der Waals surface area (Å²) in [6.45, 7) is 4.46. The number of carboxylic acids is 1. The number of amides is 1. The number of carboxylic acid groups (broad SMARTS) is 1. The third-order valence-electron chi connectivity index (χ3n) is 2.60. The Morgan fingerprint density at radius 1 is 1.48 bits per heavy atom. The molecule has 0 saturated carbocycles. The summed E-state index contributed by atoms with van der Waals surface area (Å²) in [5, 5.41) is 11.2. The number of carbonyl (C=O) groups is 2. The van der Waals surface area contributed by atoms with Gasteiger partial charge in [-0.25, -0.2) is 9.18 Å². The minimum Gasteiger partial charge on any atom is -0.478 e. The van der Waals surface area contributed by atoms with E-state index in [0.29, 0.717) is 18.8 Å². The molecular weight excluding hydrogens is 277 g/mol. The van der Waals surface area contributed by atoms with Crippen molar-refractivity contribution in [2.45, 2.75) is 19.9 Å². The van der Waals surface area contributed by atoms with Crippen molar-refractivity contribution < 1.29 is 23.8 Å². The second-order valence-electron chi connectivity index (χ2n) is 4.44. The third kappa shape index (κ3) is 5.74. The Hall–Kier alpha value is -2.21. The van der Waals surface area contributed by atoms with Gasteiger partial charge in [-0.05, 0) is 37.6 Å². The number of rotatable bonds is 7. The van der Waals surface area contributed by atoms with Crippen LogP contribution in [-0.4, -0.2) is 36.2 Å². The molecule has 1 rings (SSSR count). The Bertz CT molecular complexity index is 542. The van der Waals surface area contributed by atoms with E-state index in [0.717, 1.165) is 12.1 Å². The van der Waals surface area contributed by atoms with E-state index >= 15 is 0 Å². The molecule has 0 spiro atoms. The van der Waals surface area contributed by atoms with Gasteiger partial charge in [-0.1, -0.05) is 6.07 Å². The van der Waals surface area contributed by atoms with Crippen LogP contribution in [0.2, 0.25) is 0 Å². The van der Waals surface area contributed by atoms with Crippen LogP contribution in [-0.2, 0) is 9.53 Å². The predicted octanol–water partition coefficient (Wildman–Crippen LogP) is 2.08. The second kappa shape index (κ2) is 8.16. The highest BCUT2D eigenvalue weighted by Gasteiger charge is 2.14. The van der Waals surface area contributed by atoms with Crippen LogP contribution in [0.15, 0.2) is 24.3 Å². The predicted molar refractivity (Wildman–Crippen MR) is 76.5 cm³/mol. The quantitative estimate of drug-likeness (QED) is 0.755. The summed E-state index contributed by atoms with van der Waals surface area (Å²) in [5.74, 6) is -2.34. The fourth-order valence-corrected chi connectivity index (χ4v) is 1.63. The van der Waals surface area contributed by atoms with E-state index in [9.17, 15) is 14.0 Å². The van der Waals surface area contributed by atoms with Crippen molar-refractivity contribution in [1.82, 2.24) is 5.32 Å². The maximum atomic E-state index is 13.7. The number of nitrogens with one attached hydrogen (secondary N) is 1. The average molecular weight is 295 g/mol. The lowest BCUT2D eigenvalue weighted by Gasteiger charge is -2.14. The summed E-state index contributed by atoms with van der Waals surface area (Å²) < 4.78 is 18.9. The monoisotopic (exact) mass is 295 g/mol. The van der Waals surface area contributed by atoms with Crippen molar-refractivity contribution in [2.24, 2.45) is 0 Å². The number of hydrogen-bond acceptors (Lipinski definition) is 3. The minimum absolute atomic E-state index is 0.133. The summed E-state index contributed by atoms with van der Waals surface area (Å²) in [7, 11) is 0. The van der Waals surface area contributed by atoms with E-state index in [2.05, 4.69) is 5.32 Å². The molecule has 1 atom stereocenters. The van der Waals surface area contributed by atoms with Gasteiger partial charge in [-0.3, -0.25) is 4.79 Å². The van der Waals surface area contributed by atoms with Crippen LogP contribution in [0, 0.1) is 5.82 Å². The van der Waals surface area contributed by atoms with Gasteiger partial charge in [0.05, 0.1) is 12.2 Å². The first-order valence-corrected chi connectivity index (χ1v) is 6.53. The zero-order valence-corrected chi connectivity index (χ0v) is 11.9. The van der Waals surface area contributed by atoms with E-state index in [1.54, 1.807) is 6.92 Å². The number of halogens is 1. The molecule has 0 bridgehead atoms. The van der Waals surface area contributed by atoms with E-state index < -0.39 is 17.7 Å². The van der Waals surface area contributed by atoms with Gasteiger partial charge < -0.3 is 15.2 Å². The fraction of sp³-hybridized carbons (Fsp3) is 0.333. The molecule has 0 aromatic heterocycles. The number of aliphatic carboxylic acids is 1. The van der Waals surface area contributed by atoms with Crippen molar-refractivity contribution in [3.63, 3.8) is 0 Å². The maximum Gasteiger partial charge on any atom is 0.328 e. The largest absolute Gasteiger partial charge is 0.478 e. The van der Waals surface area contributed by atoms with Gasteiger partial charge in [-0.2, -0.15) is 0 Å². The molecule has 1 aromatic carbocycles. The number of carbonyl (C=O) groups excluding carboxylic acids is 1. The summed E-state index contributed by atoms with van der Waals surface area (Å²) in [5.41, 5.74) is 0.298. The SMILES string of the molecule is CCOCC(C)NC(=O)c1cc(C=CC(=O)O)ccc1F. The molecule has 114 valence electrons. The van der Waals surface area contributed by atoms with Gasteiger partial charge in [0, 0.05) is 18.7 Å². The van der Waals surface area contributed by atoms with Crippen LogP contribution >= 0.6 is 0 Å². The Kier molecular flexibility index (Phi) is 6.55. The van der Waals surface area contributed by atoms with Crippen molar-refractivity contribution in [3.05, 3.63) is 41.2 Å². The molecule has 5 nitrogen and oxygen atoms in total. The molecule has 0 aliphatic rings. The van der Waals surface area contributed by atoms with Gasteiger partial charge >= 0.3 is 5.97 Å². The van der Waals surface area contributed by atoms with E-state index in [-0.39, 0.29) is 11.6 Å². The number of hydrogen-bond donors (Lipinski definition) is 2.